The maximum absolute atomic E-state index is 12.0. The van der Waals surface area contributed by atoms with E-state index in [4.69, 9.17) is 9.26 Å². The van der Waals surface area contributed by atoms with Crippen LogP contribution >= 0.6 is 0 Å². The van der Waals surface area contributed by atoms with E-state index in [1.54, 1.807) is 17.3 Å². The summed E-state index contributed by atoms with van der Waals surface area (Å²) in [6.07, 6.45) is 4.29. The zero-order valence-electron chi connectivity index (χ0n) is 16.4. The lowest BCUT2D eigenvalue weighted by Crippen LogP contribution is -2.59. The molecule has 3 heterocycles. The molecule has 2 aromatic heterocycles. The van der Waals surface area contributed by atoms with Crippen molar-refractivity contribution in [3.63, 3.8) is 0 Å². The zero-order chi connectivity index (χ0) is 20.2. The summed E-state index contributed by atoms with van der Waals surface area (Å²) in [4.78, 5) is 22.3. The molecule has 1 saturated heterocycles. The quantitative estimate of drug-likeness (QED) is 0.690. The fourth-order valence-corrected chi connectivity index (χ4v) is 2.90. The van der Waals surface area contributed by atoms with Crippen LogP contribution in [0.1, 0.15) is 20.3 Å². The highest BCUT2D eigenvalue weighted by Crippen LogP contribution is 2.25. The number of ether oxygens (including phenoxy) is 1. The summed E-state index contributed by atoms with van der Waals surface area (Å²) < 4.78 is 11.3. The number of hydrogen-bond donors (Lipinski definition) is 1. The van der Waals surface area contributed by atoms with E-state index in [1.165, 1.54) is 0 Å². The van der Waals surface area contributed by atoms with Crippen molar-refractivity contribution in [2.45, 2.75) is 32.4 Å². The molecule has 2 amide bonds. The standard InChI is InChI=1S/C21H23N5O3/c1-3-14(2)23-21(27)26-12-18(13-26)28-17-8-6-15(7-9-17)19-24-20(29-25-19)16-5-4-10-22-11-16/h4-11,14,18H,3,12-13H2,1-2H3,(H,23,27). The Labute approximate surface area is 168 Å². The van der Waals surface area contributed by atoms with E-state index in [-0.39, 0.29) is 18.2 Å². The third kappa shape index (κ3) is 4.37. The fraction of sp³-hybridized carbons (Fsp3) is 0.333. The first-order chi connectivity index (χ1) is 14.1. The summed E-state index contributed by atoms with van der Waals surface area (Å²) in [7, 11) is 0. The Bertz CT molecular complexity index is 952. The number of rotatable bonds is 6. The number of benzene rings is 1. The number of hydrogen-bond acceptors (Lipinski definition) is 6. The van der Waals surface area contributed by atoms with E-state index in [9.17, 15) is 4.79 Å². The first-order valence-electron chi connectivity index (χ1n) is 9.69. The van der Waals surface area contributed by atoms with Crippen molar-refractivity contribution in [2.75, 3.05) is 13.1 Å². The van der Waals surface area contributed by atoms with Crippen LogP contribution < -0.4 is 10.1 Å². The van der Waals surface area contributed by atoms with Crippen molar-refractivity contribution >= 4 is 6.03 Å². The molecule has 1 fully saturated rings. The van der Waals surface area contributed by atoms with E-state index < -0.39 is 0 Å². The monoisotopic (exact) mass is 393 g/mol. The SMILES string of the molecule is CCC(C)NC(=O)N1CC(Oc2ccc(-c3noc(-c4cccnc4)n3)cc2)C1. The highest BCUT2D eigenvalue weighted by molar-refractivity contribution is 5.75. The molecule has 0 radical (unpaired) electrons. The second-order valence-corrected chi connectivity index (χ2v) is 7.09. The van der Waals surface area contributed by atoms with E-state index in [0.717, 1.165) is 23.3 Å². The predicted octanol–water partition coefficient (Wildman–Crippen LogP) is 3.37. The minimum Gasteiger partial charge on any atom is -0.487 e. The third-order valence-corrected chi connectivity index (χ3v) is 4.87. The summed E-state index contributed by atoms with van der Waals surface area (Å²) in [5.41, 5.74) is 1.61. The molecular formula is C21H23N5O3. The predicted molar refractivity (Wildman–Crippen MR) is 107 cm³/mol. The first-order valence-corrected chi connectivity index (χ1v) is 9.69. The van der Waals surface area contributed by atoms with Gasteiger partial charge >= 0.3 is 6.03 Å². The second-order valence-electron chi connectivity index (χ2n) is 7.09. The fourth-order valence-electron chi connectivity index (χ4n) is 2.90. The van der Waals surface area contributed by atoms with E-state index in [0.29, 0.717) is 24.8 Å². The summed E-state index contributed by atoms with van der Waals surface area (Å²) in [6, 6.07) is 11.4. The summed E-state index contributed by atoms with van der Waals surface area (Å²) in [5.74, 6) is 1.68. The molecule has 8 nitrogen and oxygen atoms in total. The topological polar surface area (TPSA) is 93.4 Å². The van der Waals surface area contributed by atoms with Gasteiger partial charge in [-0.15, -0.1) is 0 Å². The number of carbonyl (C=O) groups is 1. The van der Waals surface area contributed by atoms with E-state index >= 15 is 0 Å². The molecule has 1 aliphatic rings. The molecule has 1 unspecified atom stereocenters. The first kappa shape index (κ1) is 18.9. The molecule has 0 saturated carbocycles. The molecule has 1 aromatic carbocycles. The molecule has 3 aromatic rings. The van der Waals surface area contributed by atoms with Gasteiger partial charge in [-0.2, -0.15) is 4.98 Å². The third-order valence-electron chi connectivity index (χ3n) is 4.87. The van der Waals surface area contributed by atoms with Crippen molar-refractivity contribution in [1.82, 2.24) is 25.3 Å². The minimum atomic E-state index is -0.0314. The van der Waals surface area contributed by atoms with E-state index in [2.05, 4.69) is 20.4 Å². The van der Waals surface area contributed by atoms with Gasteiger partial charge in [0, 0.05) is 24.0 Å². The normalized spacial score (nSPS) is 14.9. The van der Waals surface area contributed by atoms with Crippen LogP contribution in [0, 0.1) is 0 Å². The van der Waals surface area contributed by atoms with Crippen molar-refractivity contribution < 1.29 is 14.1 Å². The van der Waals surface area contributed by atoms with Gasteiger partial charge in [0.2, 0.25) is 5.82 Å². The van der Waals surface area contributed by atoms with Crippen molar-refractivity contribution in [3.8, 4) is 28.6 Å². The number of likely N-dealkylation sites (tertiary alicyclic amines) is 1. The molecule has 0 bridgehead atoms. The number of nitrogens with zero attached hydrogens (tertiary/aromatic N) is 4. The van der Waals surface area contributed by atoms with Crippen molar-refractivity contribution in [3.05, 3.63) is 48.8 Å². The molecule has 1 N–H and O–H groups in total. The Morgan fingerprint density at radius 2 is 2.07 bits per heavy atom. The molecule has 29 heavy (non-hydrogen) atoms. The number of urea groups is 1. The molecule has 0 aliphatic carbocycles. The Balaban J connectivity index is 1.32. The molecule has 150 valence electrons. The van der Waals surface area contributed by atoms with Crippen LogP contribution in [0.25, 0.3) is 22.8 Å². The highest BCUT2D eigenvalue weighted by atomic mass is 16.5. The van der Waals surface area contributed by atoms with Crippen LogP contribution in [-0.4, -0.2) is 51.3 Å². The Kier molecular flexibility index (Phi) is 5.41. The summed E-state index contributed by atoms with van der Waals surface area (Å²) >= 11 is 0. The maximum atomic E-state index is 12.0. The highest BCUT2D eigenvalue weighted by Gasteiger charge is 2.32. The molecule has 1 aliphatic heterocycles. The smallest absolute Gasteiger partial charge is 0.317 e. The number of pyridine rings is 1. The molecule has 4 rings (SSSR count). The Morgan fingerprint density at radius 1 is 1.28 bits per heavy atom. The van der Waals surface area contributed by atoms with Crippen molar-refractivity contribution in [1.29, 1.82) is 0 Å². The Hall–Kier alpha value is -3.42. The van der Waals surface area contributed by atoms with Crippen LogP contribution in [0.5, 0.6) is 5.75 Å². The molecular weight excluding hydrogens is 370 g/mol. The van der Waals surface area contributed by atoms with Gasteiger partial charge in [0.1, 0.15) is 11.9 Å². The largest absolute Gasteiger partial charge is 0.487 e. The number of aromatic nitrogens is 3. The lowest BCUT2D eigenvalue weighted by atomic mass is 10.1. The molecule has 0 spiro atoms. The number of amides is 2. The van der Waals surface area contributed by atoms with Gasteiger partial charge in [0.05, 0.1) is 18.7 Å². The van der Waals surface area contributed by atoms with Gasteiger partial charge in [-0.3, -0.25) is 4.98 Å². The van der Waals surface area contributed by atoms with Gasteiger partial charge in [0.15, 0.2) is 0 Å². The molecule has 8 heteroatoms. The van der Waals surface area contributed by atoms with Gasteiger partial charge in [-0.25, -0.2) is 4.79 Å². The van der Waals surface area contributed by atoms with E-state index in [1.807, 2.05) is 50.2 Å². The minimum absolute atomic E-state index is 0.00545. The second kappa shape index (κ2) is 8.30. The number of carbonyl (C=O) groups excluding carboxylic acids is 1. The van der Waals surface area contributed by atoms with Gasteiger partial charge in [-0.05, 0) is 49.7 Å². The van der Waals surface area contributed by atoms with Gasteiger partial charge in [0.25, 0.3) is 5.89 Å². The van der Waals surface area contributed by atoms with Crippen molar-refractivity contribution in [2.24, 2.45) is 0 Å². The zero-order valence-corrected chi connectivity index (χ0v) is 16.4. The van der Waals surface area contributed by atoms with Crippen LogP contribution in [-0.2, 0) is 0 Å². The number of nitrogens with one attached hydrogen (secondary N) is 1. The average molecular weight is 393 g/mol. The maximum Gasteiger partial charge on any atom is 0.317 e. The lowest BCUT2D eigenvalue weighted by Gasteiger charge is -2.39. The van der Waals surface area contributed by atoms with Crippen LogP contribution in [0.3, 0.4) is 0 Å². The van der Waals surface area contributed by atoms with Crippen LogP contribution in [0.4, 0.5) is 4.79 Å². The van der Waals surface area contributed by atoms with Gasteiger partial charge in [-0.1, -0.05) is 12.1 Å². The average Bonchev–Trinajstić information content (AvgIpc) is 3.21. The summed E-state index contributed by atoms with van der Waals surface area (Å²) in [5, 5.41) is 6.99. The Morgan fingerprint density at radius 3 is 2.76 bits per heavy atom. The van der Waals surface area contributed by atoms with Gasteiger partial charge < -0.3 is 19.5 Å². The summed E-state index contributed by atoms with van der Waals surface area (Å²) in [6.45, 7) is 5.22. The van der Waals surface area contributed by atoms with Crippen LogP contribution in [0.15, 0.2) is 53.3 Å². The van der Waals surface area contributed by atoms with Crippen LogP contribution in [0.2, 0.25) is 0 Å². The molecule has 1 atom stereocenters. The lowest BCUT2D eigenvalue weighted by molar-refractivity contribution is 0.0436.